The zero-order chi connectivity index (χ0) is 14.8. The van der Waals surface area contributed by atoms with E-state index >= 15 is 0 Å². The summed E-state index contributed by atoms with van der Waals surface area (Å²) in [5, 5.41) is 3.95. The van der Waals surface area contributed by atoms with Crippen LogP contribution in [0.15, 0.2) is 4.52 Å². The number of rotatable bonds is 10. The maximum Gasteiger partial charge on any atom is 0.306 e. The molecule has 0 fully saturated rings. The Kier molecular flexibility index (Phi) is 7.82. The van der Waals surface area contributed by atoms with Crippen LogP contribution in [0.4, 0.5) is 0 Å². The molecule has 0 saturated heterocycles. The van der Waals surface area contributed by atoms with Gasteiger partial charge in [-0.1, -0.05) is 12.1 Å². The summed E-state index contributed by atoms with van der Waals surface area (Å²) in [6.45, 7) is 4.46. The van der Waals surface area contributed by atoms with Gasteiger partial charge in [0.15, 0.2) is 5.82 Å². The average Bonchev–Trinajstić information content (AvgIpc) is 2.89. The Morgan fingerprint density at radius 2 is 2.15 bits per heavy atom. The summed E-state index contributed by atoms with van der Waals surface area (Å²) >= 11 is 0. The summed E-state index contributed by atoms with van der Waals surface area (Å²) in [4.78, 5) is 17.6. The van der Waals surface area contributed by atoms with Crippen LogP contribution in [0.1, 0.15) is 31.5 Å². The highest BCUT2D eigenvalue weighted by Gasteiger charge is 2.13. The number of ether oxygens (including phenoxy) is 2. The third-order valence-electron chi connectivity index (χ3n) is 2.81. The van der Waals surface area contributed by atoms with E-state index in [4.69, 9.17) is 9.26 Å². The fourth-order valence-electron chi connectivity index (χ4n) is 1.71. The van der Waals surface area contributed by atoms with Crippen molar-refractivity contribution in [3.8, 4) is 0 Å². The minimum atomic E-state index is -0.229. The van der Waals surface area contributed by atoms with Gasteiger partial charge in [0, 0.05) is 26.6 Å². The molecular weight excluding hydrogens is 262 g/mol. The standard InChI is InChI=1S/C13H23N3O4/c1-4-5-12-14-11(15-20-12)10-16(8-9-18-2)7-6-13(17)19-3/h4-10H2,1-3H3. The lowest BCUT2D eigenvalue weighted by Gasteiger charge is -2.19. The third kappa shape index (κ3) is 6.12. The van der Waals surface area contributed by atoms with E-state index in [-0.39, 0.29) is 5.97 Å². The van der Waals surface area contributed by atoms with Crippen molar-refractivity contribution in [1.29, 1.82) is 0 Å². The molecule has 114 valence electrons. The molecule has 1 rings (SSSR count). The average molecular weight is 285 g/mol. The molecule has 0 unspecified atom stereocenters. The number of hydrogen-bond donors (Lipinski definition) is 0. The molecule has 0 aliphatic heterocycles. The summed E-state index contributed by atoms with van der Waals surface area (Å²) in [5.41, 5.74) is 0. The lowest BCUT2D eigenvalue weighted by Crippen LogP contribution is -2.30. The van der Waals surface area contributed by atoms with Crippen molar-refractivity contribution in [1.82, 2.24) is 15.0 Å². The van der Waals surface area contributed by atoms with Crippen molar-refractivity contribution in [2.75, 3.05) is 33.9 Å². The number of hydrogen-bond acceptors (Lipinski definition) is 7. The quantitative estimate of drug-likeness (QED) is 0.594. The van der Waals surface area contributed by atoms with Crippen molar-refractivity contribution in [3.63, 3.8) is 0 Å². The Morgan fingerprint density at radius 1 is 1.35 bits per heavy atom. The lowest BCUT2D eigenvalue weighted by atomic mass is 10.3. The largest absolute Gasteiger partial charge is 0.469 e. The van der Waals surface area contributed by atoms with E-state index in [0.29, 0.717) is 44.4 Å². The van der Waals surface area contributed by atoms with Gasteiger partial charge in [-0.3, -0.25) is 9.69 Å². The Balaban J connectivity index is 2.50. The predicted molar refractivity (Wildman–Crippen MR) is 72.1 cm³/mol. The zero-order valence-electron chi connectivity index (χ0n) is 12.4. The van der Waals surface area contributed by atoms with Gasteiger partial charge in [0.2, 0.25) is 5.89 Å². The van der Waals surface area contributed by atoms with Gasteiger partial charge in [-0.2, -0.15) is 4.98 Å². The first-order valence-corrected chi connectivity index (χ1v) is 6.79. The molecule has 20 heavy (non-hydrogen) atoms. The molecule has 0 aromatic carbocycles. The van der Waals surface area contributed by atoms with Crippen molar-refractivity contribution in [2.24, 2.45) is 0 Å². The zero-order valence-corrected chi connectivity index (χ0v) is 12.4. The number of aryl methyl sites for hydroxylation is 1. The Bertz CT molecular complexity index is 395. The van der Waals surface area contributed by atoms with Crippen LogP contribution in [-0.2, 0) is 27.2 Å². The van der Waals surface area contributed by atoms with Crippen LogP contribution in [0.5, 0.6) is 0 Å². The number of aromatic nitrogens is 2. The molecule has 0 spiro atoms. The number of nitrogens with zero attached hydrogens (tertiary/aromatic N) is 3. The fraction of sp³-hybridized carbons (Fsp3) is 0.769. The van der Waals surface area contributed by atoms with Gasteiger partial charge in [-0.05, 0) is 6.42 Å². The second-order valence-electron chi connectivity index (χ2n) is 4.45. The molecule has 1 heterocycles. The van der Waals surface area contributed by atoms with Gasteiger partial charge in [-0.15, -0.1) is 0 Å². The number of methoxy groups -OCH3 is 2. The summed E-state index contributed by atoms with van der Waals surface area (Å²) in [7, 11) is 3.03. The van der Waals surface area contributed by atoms with Crippen LogP contribution in [0.3, 0.4) is 0 Å². The highest BCUT2D eigenvalue weighted by atomic mass is 16.5. The molecule has 0 radical (unpaired) electrons. The predicted octanol–water partition coefficient (Wildman–Crippen LogP) is 1.03. The van der Waals surface area contributed by atoms with E-state index in [1.54, 1.807) is 7.11 Å². The molecule has 0 aliphatic carbocycles. The number of esters is 1. The van der Waals surface area contributed by atoms with Crippen LogP contribution in [0.25, 0.3) is 0 Å². The lowest BCUT2D eigenvalue weighted by molar-refractivity contribution is -0.141. The van der Waals surface area contributed by atoms with E-state index in [9.17, 15) is 4.79 Å². The van der Waals surface area contributed by atoms with E-state index in [1.807, 2.05) is 4.90 Å². The van der Waals surface area contributed by atoms with Gasteiger partial charge >= 0.3 is 5.97 Å². The SMILES string of the molecule is CCCc1nc(CN(CCOC)CCC(=O)OC)no1. The minimum absolute atomic E-state index is 0.229. The van der Waals surface area contributed by atoms with E-state index in [2.05, 4.69) is 21.8 Å². The fourth-order valence-corrected chi connectivity index (χ4v) is 1.71. The van der Waals surface area contributed by atoms with Crippen LogP contribution in [0, 0.1) is 0 Å². The van der Waals surface area contributed by atoms with E-state index < -0.39 is 0 Å². The minimum Gasteiger partial charge on any atom is -0.469 e. The third-order valence-corrected chi connectivity index (χ3v) is 2.81. The Hall–Kier alpha value is -1.47. The monoisotopic (exact) mass is 285 g/mol. The number of carbonyl (C=O) groups excluding carboxylic acids is 1. The van der Waals surface area contributed by atoms with Gasteiger partial charge < -0.3 is 14.0 Å². The molecule has 0 bridgehead atoms. The summed E-state index contributed by atoms with van der Waals surface area (Å²) < 4.78 is 14.9. The number of carbonyl (C=O) groups is 1. The van der Waals surface area contributed by atoms with Crippen molar-refractivity contribution >= 4 is 5.97 Å². The molecule has 7 nitrogen and oxygen atoms in total. The highest BCUT2D eigenvalue weighted by molar-refractivity contribution is 5.69. The maximum atomic E-state index is 11.2. The smallest absolute Gasteiger partial charge is 0.306 e. The van der Waals surface area contributed by atoms with Crippen LogP contribution < -0.4 is 0 Å². The molecular formula is C13H23N3O4. The first-order valence-electron chi connectivity index (χ1n) is 6.79. The Labute approximate surface area is 119 Å². The van der Waals surface area contributed by atoms with Crippen molar-refractivity contribution in [3.05, 3.63) is 11.7 Å². The van der Waals surface area contributed by atoms with Crippen LogP contribution in [0.2, 0.25) is 0 Å². The van der Waals surface area contributed by atoms with Crippen molar-refractivity contribution < 1.29 is 18.8 Å². The van der Waals surface area contributed by atoms with Gasteiger partial charge in [-0.25, -0.2) is 0 Å². The molecule has 1 aromatic heterocycles. The molecule has 0 amide bonds. The normalized spacial score (nSPS) is 11.0. The second-order valence-corrected chi connectivity index (χ2v) is 4.45. The van der Waals surface area contributed by atoms with E-state index in [0.717, 1.165) is 12.8 Å². The molecule has 7 heteroatoms. The maximum absolute atomic E-state index is 11.2. The van der Waals surface area contributed by atoms with Gasteiger partial charge in [0.25, 0.3) is 0 Å². The first kappa shape index (κ1) is 16.6. The first-order chi connectivity index (χ1) is 9.69. The Morgan fingerprint density at radius 3 is 2.80 bits per heavy atom. The summed E-state index contributed by atoms with van der Waals surface area (Å²) in [6, 6.07) is 0. The van der Waals surface area contributed by atoms with Crippen LogP contribution >= 0.6 is 0 Å². The molecule has 0 saturated carbocycles. The molecule has 1 aromatic rings. The molecule has 0 aliphatic rings. The molecule has 0 atom stereocenters. The second kappa shape index (κ2) is 9.44. The summed E-state index contributed by atoms with van der Waals surface area (Å²) in [6.07, 6.45) is 2.09. The highest BCUT2D eigenvalue weighted by Crippen LogP contribution is 2.05. The topological polar surface area (TPSA) is 77.7 Å². The van der Waals surface area contributed by atoms with Crippen LogP contribution in [-0.4, -0.2) is 54.9 Å². The van der Waals surface area contributed by atoms with Crippen molar-refractivity contribution in [2.45, 2.75) is 32.7 Å². The van der Waals surface area contributed by atoms with E-state index in [1.165, 1.54) is 7.11 Å². The van der Waals surface area contributed by atoms with Gasteiger partial charge in [0.05, 0.1) is 26.7 Å². The summed E-state index contributed by atoms with van der Waals surface area (Å²) in [5.74, 6) is 1.06. The van der Waals surface area contributed by atoms with Gasteiger partial charge in [0.1, 0.15) is 0 Å². The molecule has 0 N–H and O–H groups in total.